The first-order valence-corrected chi connectivity index (χ1v) is 3.95. The van der Waals surface area contributed by atoms with E-state index in [2.05, 4.69) is 0 Å². The lowest BCUT2D eigenvalue weighted by Crippen LogP contribution is -1.90. The van der Waals surface area contributed by atoms with Gasteiger partial charge in [-0.2, -0.15) is 0 Å². The van der Waals surface area contributed by atoms with Gasteiger partial charge in [-0.25, -0.2) is 0 Å². The fourth-order valence-corrected chi connectivity index (χ4v) is 1.20. The third-order valence-corrected chi connectivity index (χ3v) is 1.99. The second-order valence-electron chi connectivity index (χ2n) is 2.39. The van der Waals surface area contributed by atoms with Crippen LogP contribution in [0.2, 0.25) is 5.02 Å². The van der Waals surface area contributed by atoms with Crippen LogP contribution in [0.4, 0.5) is 5.69 Å². The number of nitrogens with zero attached hydrogens (tertiary/aromatic N) is 1. The first-order valence-electron chi connectivity index (χ1n) is 3.58. The van der Waals surface area contributed by atoms with Crippen LogP contribution in [-0.4, -0.2) is 4.92 Å². The summed E-state index contributed by atoms with van der Waals surface area (Å²) >= 11 is 5.78. The average molecular weight is 186 g/mol. The van der Waals surface area contributed by atoms with Crippen molar-refractivity contribution >= 4 is 17.3 Å². The summed E-state index contributed by atoms with van der Waals surface area (Å²) in [6, 6.07) is 4.46. The number of aryl methyl sites for hydroxylation is 1. The maximum Gasteiger partial charge on any atom is 0.269 e. The summed E-state index contributed by atoms with van der Waals surface area (Å²) in [7, 11) is 0. The molecule has 1 rings (SSSR count). The van der Waals surface area contributed by atoms with Gasteiger partial charge in [0.2, 0.25) is 0 Å². The molecule has 3 nitrogen and oxygen atoms in total. The molecular weight excluding hydrogens is 178 g/mol. The van der Waals surface area contributed by atoms with Crippen LogP contribution < -0.4 is 0 Å². The highest BCUT2D eigenvalue weighted by atomic mass is 35.5. The first-order chi connectivity index (χ1) is 5.65. The summed E-state index contributed by atoms with van der Waals surface area (Å²) in [5.41, 5.74) is 0.905. The maximum atomic E-state index is 10.3. The Morgan fingerprint density at radius 2 is 2.25 bits per heavy atom. The minimum atomic E-state index is -0.421. The van der Waals surface area contributed by atoms with Crippen LogP contribution in [0.15, 0.2) is 18.2 Å². The second kappa shape index (κ2) is 3.54. The number of nitro benzene ring substituents is 1. The summed E-state index contributed by atoms with van der Waals surface area (Å²) in [5.74, 6) is 0. The van der Waals surface area contributed by atoms with Crippen molar-refractivity contribution < 1.29 is 4.92 Å². The molecule has 1 aromatic rings. The Balaban J connectivity index is 3.13. The van der Waals surface area contributed by atoms with Crippen molar-refractivity contribution in [2.45, 2.75) is 13.3 Å². The van der Waals surface area contributed by atoms with Gasteiger partial charge < -0.3 is 0 Å². The molecule has 0 unspecified atom stereocenters. The van der Waals surface area contributed by atoms with Gasteiger partial charge in [0.05, 0.1) is 4.92 Å². The van der Waals surface area contributed by atoms with Gasteiger partial charge in [0.1, 0.15) is 0 Å². The molecule has 0 bridgehead atoms. The van der Waals surface area contributed by atoms with Gasteiger partial charge in [0, 0.05) is 17.2 Å². The zero-order valence-electron chi connectivity index (χ0n) is 6.58. The van der Waals surface area contributed by atoms with Crippen molar-refractivity contribution in [3.8, 4) is 0 Å². The number of non-ortho nitro benzene ring substituents is 1. The molecule has 0 aliphatic heterocycles. The van der Waals surface area contributed by atoms with Gasteiger partial charge >= 0.3 is 0 Å². The largest absolute Gasteiger partial charge is 0.269 e. The van der Waals surface area contributed by atoms with E-state index in [0.717, 1.165) is 5.56 Å². The molecule has 64 valence electrons. The van der Waals surface area contributed by atoms with Crippen molar-refractivity contribution in [1.82, 2.24) is 0 Å². The zero-order chi connectivity index (χ0) is 9.14. The maximum absolute atomic E-state index is 10.3. The molecule has 0 heterocycles. The van der Waals surface area contributed by atoms with E-state index in [1.54, 1.807) is 6.07 Å². The first kappa shape index (κ1) is 9.00. The average Bonchev–Trinajstić information content (AvgIpc) is 2.05. The number of rotatable bonds is 2. The third kappa shape index (κ3) is 1.74. The van der Waals surface area contributed by atoms with E-state index in [0.29, 0.717) is 11.4 Å². The van der Waals surface area contributed by atoms with Crippen molar-refractivity contribution in [2.75, 3.05) is 0 Å². The molecular formula is C8H8ClNO2. The van der Waals surface area contributed by atoms with Gasteiger partial charge in [0.15, 0.2) is 0 Å². The predicted molar refractivity (Wildman–Crippen MR) is 47.5 cm³/mol. The summed E-state index contributed by atoms with van der Waals surface area (Å²) in [4.78, 5) is 9.92. The predicted octanol–water partition coefficient (Wildman–Crippen LogP) is 2.81. The molecule has 0 spiro atoms. The van der Waals surface area contributed by atoms with Crippen LogP contribution in [0, 0.1) is 10.1 Å². The molecule has 0 amide bonds. The van der Waals surface area contributed by atoms with Crippen molar-refractivity contribution in [3.05, 3.63) is 38.9 Å². The minimum Gasteiger partial charge on any atom is -0.258 e. The van der Waals surface area contributed by atoms with Crippen LogP contribution in [-0.2, 0) is 6.42 Å². The topological polar surface area (TPSA) is 43.1 Å². The number of nitro groups is 1. The standard InChI is InChI=1S/C8H8ClNO2/c1-2-6-5-7(10(11)12)3-4-8(6)9/h3-5H,2H2,1H3. The molecule has 0 saturated heterocycles. The van der Waals surface area contributed by atoms with Crippen molar-refractivity contribution in [1.29, 1.82) is 0 Å². The Hall–Kier alpha value is -1.09. The Labute approximate surface area is 75.1 Å². The molecule has 0 aliphatic carbocycles. The van der Waals surface area contributed by atoms with Crippen LogP contribution >= 0.6 is 11.6 Å². The second-order valence-corrected chi connectivity index (χ2v) is 2.79. The molecule has 0 saturated carbocycles. The molecule has 1 aromatic carbocycles. The van der Waals surface area contributed by atoms with Gasteiger partial charge in [-0.05, 0) is 18.1 Å². The lowest BCUT2D eigenvalue weighted by Gasteiger charge is -1.98. The Bertz CT molecular complexity index is 312. The number of hydrogen-bond donors (Lipinski definition) is 0. The number of benzene rings is 1. The van der Waals surface area contributed by atoms with Crippen LogP contribution in [0.25, 0.3) is 0 Å². The van der Waals surface area contributed by atoms with Crippen LogP contribution in [0.5, 0.6) is 0 Å². The van der Waals surface area contributed by atoms with Crippen molar-refractivity contribution in [3.63, 3.8) is 0 Å². The minimum absolute atomic E-state index is 0.0938. The van der Waals surface area contributed by atoms with E-state index in [1.165, 1.54) is 12.1 Å². The van der Waals surface area contributed by atoms with Gasteiger partial charge in [-0.15, -0.1) is 0 Å². The smallest absolute Gasteiger partial charge is 0.258 e. The Morgan fingerprint density at radius 3 is 2.75 bits per heavy atom. The van der Waals surface area contributed by atoms with E-state index in [4.69, 9.17) is 11.6 Å². The van der Waals surface area contributed by atoms with E-state index in [9.17, 15) is 10.1 Å². The fourth-order valence-electron chi connectivity index (χ4n) is 0.946. The van der Waals surface area contributed by atoms with E-state index < -0.39 is 4.92 Å². The van der Waals surface area contributed by atoms with Gasteiger partial charge in [-0.1, -0.05) is 18.5 Å². The van der Waals surface area contributed by atoms with E-state index in [1.807, 2.05) is 6.92 Å². The molecule has 0 aliphatic rings. The molecule has 0 fully saturated rings. The highest BCUT2D eigenvalue weighted by Gasteiger charge is 2.07. The molecule has 4 heteroatoms. The Morgan fingerprint density at radius 1 is 1.58 bits per heavy atom. The highest BCUT2D eigenvalue weighted by molar-refractivity contribution is 6.31. The lowest BCUT2D eigenvalue weighted by atomic mass is 10.1. The summed E-state index contributed by atoms with van der Waals surface area (Å²) in [5, 5.41) is 10.9. The molecule has 0 N–H and O–H groups in total. The number of hydrogen-bond acceptors (Lipinski definition) is 2. The normalized spacial score (nSPS) is 9.83. The lowest BCUT2D eigenvalue weighted by molar-refractivity contribution is -0.384. The molecule has 0 atom stereocenters. The van der Waals surface area contributed by atoms with Crippen LogP contribution in [0.1, 0.15) is 12.5 Å². The highest BCUT2D eigenvalue weighted by Crippen LogP contribution is 2.21. The molecule has 0 aromatic heterocycles. The fraction of sp³-hybridized carbons (Fsp3) is 0.250. The summed E-state index contributed by atoms with van der Waals surface area (Å²) in [6.07, 6.45) is 0.709. The summed E-state index contributed by atoms with van der Waals surface area (Å²) < 4.78 is 0. The summed E-state index contributed by atoms with van der Waals surface area (Å²) in [6.45, 7) is 1.91. The third-order valence-electron chi connectivity index (χ3n) is 1.62. The SMILES string of the molecule is CCc1cc([N+](=O)[O-])ccc1Cl. The van der Waals surface area contributed by atoms with Crippen LogP contribution in [0.3, 0.4) is 0 Å². The van der Waals surface area contributed by atoms with Crippen molar-refractivity contribution in [2.24, 2.45) is 0 Å². The molecule has 12 heavy (non-hydrogen) atoms. The Kier molecular flexibility index (Phi) is 2.65. The number of halogens is 1. The van der Waals surface area contributed by atoms with Gasteiger partial charge in [0.25, 0.3) is 5.69 Å². The molecule has 0 radical (unpaired) electrons. The van der Waals surface area contributed by atoms with Gasteiger partial charge in [-0.3, -0.25) is 10.1 Å². The monoisotopic (exact) mass is 185 g/mol. The zero-order valence-corrected chi connectivity index (χ0v) is 7.34. The quantitative estimate of drug-likeness (QED) is 0.525. The van der Waals surface area contributed by atoms with E-state index >= 15 is 0 Å². The van der Waals surface area contributed by atoms with E-state index in [-0.39, 0.29) is 5.69 Å².